The first kappa shape index (κ1) is 22.9. The molecule has 0 saturated heterocycles. The minimum Gasteiger partial charge on any atom is -0.382 e. The van der Waals surface area contributed by atoms with Gasteiger partial charge >= 0.3 is 0 Å². The van der Waals surface area contributed by atoms with Crippen molar-refractivity contribution in [1.82, 2.24) is 0 Å². The van der Waals surface area contributed by atoms with Crippen LogP contribution >= 0.6 is 0 Å². The van der Waals surface area contributed by atoms with E-state index in [1.54, 1.807) is 0 Å². The molecule has 0 bridgehead atoms. The molecule has 3 nitrogen and oxygen atoms in total. The quantitative estimate of drug-likeness (QED) is 0.355. The zero-order valence-electron chi connectivity index (χ0n) is 17.1. The van der Waals surface area contributed by atoms with Gasteiger partial charge in [0.25, 0.3) is 0 Å². The second-order valence-electron chi connectivity index (χ2n) is 9.15. The van der Waals surface area contributed by atoms with Crippen LogP contribution in [0.15, 0.2) is 0 Å². The van der Waals surface area contributed by atoms with Crippen molar-refractivity contribution < 1.29 is 14.1 Å². The molecule has 0 aromatic carbocycles. The summed E-state index contributed by atoms with van der Waals surface area (Å²) < 4.78 is 1.78. The van der Waals surface area contributed by atoms with E-state index in [1.165, 1.54) is 70.8 Å². The summed E-state index contributed by atoms with van der Waals surface area (Å²) in [6.07, 6.45) is 13.7. The molecule has 3 heteroatoms. The third kappa shape index (κ3) is 16.5. The molecule has 0 amide bonds. The molecular weight excluding hydrogens is 284 g/mol. The van der Waals surface area contributed by atoms with Crippen LogP contribution in [0.1, 0.15) is 71.1 Å². The third-order valence-corrected chi connectivity index (χ3v) is 4.58. The Kier molecular flexibility index (Phi) is 12.2. The van der Waals surface area contributed by atoms with Gasteiger partial charge in [-0.15, -0.1) is 0 Å². The van der Waals surface area contributed by atoms with Gasteiger partial charge in [0.2, 0.25) is 0 Å². The maximum atomic E-state index is 10.3. The molecule has 0 spiro atoms. The van der Waals surface area contributed by atoms with Crippen molar-refractivity contribution in [1.29, 1.82) is 0 Å². The molecule has 0 aliphatic carbocycles. The molecule has 1 unspecified atom stereocenters. The van der Waals surface area contributed by atoms with Crippen LogP contribution in [0.5, 0.6) is 0 Å². The van der Waals surface area contributed by atoms with E-state index in [9.17, 15) is 5.11 Å². The lowest BCUT2D eigenvalue weighted by Crippen LogP contribution is -2.51. The first-order valence-electron chi connectivity index (χ1n) is 9.97. The van der Waals surface area contributed by atoms with Crippen molar-refractivity contribution in [3.8, 4) is 0 Å². The SMILES string of the molecule is CCCCCCCCCCCC[N+](C)(C)CC(O)C[N+](C)(C)C. The number of unbranched alkanes of at least 4 members (excludes halogenated alkanes) is 9. The second kappa shape index (κ2) is 12.3. The predicted octanol–water partition coefficient (Wildman–Crippen LogP) is 4.05. The van der Waals surface area contributed by atoms with Crippen molar-refractivity contribution in [2.75, 3.05) is 54.9 Å². The van der Waals surface area contributed by atoms with E-state index in [4.69, 9.17) is 0 Å². The molecule has 1 N–H and O–H groups in total. The fourth-order valence-corrected chi connectivity index (χ4v) is 3.38. The van der Waals surface area contributed by atoms with Crippen LogP contribution in [0.25, 0.3) is 0 Å². The number of aliphatic hydroxyl groups is 1. The number of likely N-dealkylation sites (N-methyl/N-ethyl adjacent to an activating group) is 2. The largest absolute Gasteiger partial charge is 0.382 e. The second-order valence-corrected chi connectivity index (χ2v) is 9.15. The van der Waals surface area contributed by atoms with Crippen molar-refractivity contribution in [3.05, 3.63) is 0 Å². The van der Waals surface area contributed by atoms with E-state index >= 15 is 0 Å². The predicted molar refractivity (Wildman–Crippen MR) is 103 cm³/mol. The molecule has 0 heterocycles. The highest BCUT2D eigenvalue weighted by Crippen LogP contribution is 2.12. The van der Waals surface area contributed by atoms with E-state index < -0.39 is 0 Å². The van der Waals surface area contributed by atoms with Gasteiger partial charge in [0, 0.05) is 0 Å². The number of quaternary nitrogens is 2. The Morgan fingerprint density at radius 2 is 1.09 bits per heavy atom. The number of aliphatic hydroxyl groups excluding tert-OH is 1. The van der Waals surface area contributed by atoms with Crippen LogP contribution in [0, 0.1) is 0 Å². The fraction of sp³-hybridized carbons (Fsp3) is 1.00. The summed E-state index contributed by atoms with van der Waals surface area (Å²) in [7, 11) is 10.9. The number of hydrogen-bond acceptors (Lipinski definition) is 1. The van der Waals surface area contributed by atoms with Gasteiger partial charge in [-0.1, -0.05) is 58.3 Å². The van der Waals surface area contributed by atoms with Crippen LogP contribution in [0.4, 0.5) is 0 Å². The Bertz CT molecular complexity index is 271. The van der Waals surface area contributed by atoms with E-state index in [0.29, 0.717) is 0 Å². The molecule has 0 aromatic heterocycles. The molecule has 0 fully saturated rings. The maximum Gasteiger partial charge on any atom is 0.152 e. The molecule has 0 aromatic rings. The highest BCUT2D eigenvalue weighted by atomic mass is 16.3. The average molecular weight is 331 g/mol. The van der Waals surface area contributed by atoms with Gasteiger partial charge in [0.15, 0.2) is 6.10 Å². The molecule has 1 atom stereocenters. The lowest BCUT2D eigenvalue weighted by molar-refractivity contribution is -0.907. The molecule has 23 heavy (non-hydrogen) atoms. The Balaban J connectivity index is 3.59. The Hall–Kier alpha value is -0.120. The molecule has 140 valence electrons. The average Bonchev–Trinajstić information content (AvgIpc) is 2.37. The lowest BCUT2D eigenvalue weighted by atomic mass is 10.1. The Labute approximate surface area is 146 Å². The molecule has 0 radical (unpaired) electrons. The molecule has 0 saturated carbocycles. The van der Waals surface area contributed by atoms with Crippen LogP contribution in [0.2, 0.25) is 0 Å². The van der Waals surface area contributed by atoms with Crippen LogP contribution in [0.3, 0.4) is 0 Å². The first-order valence-corrected chi connectivity index (χ1v) is 9.97. The minimum atomic E-state index is -0.201. The summed E-state index contributed by atoms with van der Waals surface area (Å²) in [6.45, 7) is 5.17. The maximum absolute atomic E-state index is 10.3. The van der Waals surface area contributed by atoms with Gasteiger partial charge in [-0.05, 0) is 12.8 Å². The number of nitrogens with zero attached hydrogens (tertiary/aromatic N) is 2. The van der Waals surface area contributed by atoms with E-state index in [1.807, 2.05) is 0 Å². The normalized spacial score (nSPS) is 14.2. The summed E-state index contributed by atoms with van der Waals surface area (Å²) in [5, 5.41) is 10.3. The minimum absolute atomic E-state index is 0.201. The molecule has 0 aliphatic heterocycles. The van der Waals surface area contributed by atoms with Crippen molar-refractivity contribution in [3.63, 3.8) is 0 Å². The summed E-state index contributed by atoms with van der Waals surface area (Å²) in [4.78, 5) is 0. The molecular formula is C20H46N2O+2. The third-order valence-electron chi connectivity index (χ3n) is 4.58. The van der Waals surface area contributed by atoms with Gasteiger partial charge < -0.3 is 14.1 Å². The zero-order valence-corrected chi connectivity index (χ0v) is 17.1. The standard InChI is InChI=1S/C20H46N2O/c1-7-8-9-10-11-12-13-14-15-16-17-22(5,6)19-20(23)18-21(2,3)4/h20,23H,7-19H2,1-6H3/q+2. The van der Waals surface area contributed by atoms with Crippen molar-refractivity contribution in [2.45, 2.75) is 77.2 Å². The molecule has 0 rings (SSSR count). The highest BCUT2D eigenvalue weighted by molar-refractivity contribution is 4.53. The van der Waals surface area contributed by atoms with E-state index in [0.717, 1.165) is 22.1 Å². The lowest BCUT2D eigenvalue weighted by Gasteiger charge is -2.34. The summed E-state index contributed by atoms with van der Waals surface area (Å²) in [5.74, 6) is 0. The van der Waals surface area contributed by atoms with Gasteiger partial charge in [-0.3, -0.25) is 0 Å². The Morgan fingerprint density at radius 3 is 1.52 bits per heavy atom. The van der Waals surface area contributed by atoms with Gasteiger partial charge in [0.1, 0.15) is 13.1 Å². The summed E-state index contributed by atoms with van der Waals surface area (Å²) in [6, 6.07) is 0. The van der Waals surface area contributed by atoms with E-state index in [2.05, 4.69) is 42.2 Å². The topological polar surface area (TPSA) is 20.2 Å². The Morgan fingerprint density at radius 1 is 0.652 bits per heavy atom. The van der Waals surface area contributed by atoms with Gasteiger partial charge in [-0.25, -0.2) is 0 Å². The van der Waals surface area contributed by atoms with Gasteiger partial charge in [-0.2, -0.15) is 0 Å². The van der Waals surface area contributed by atoms with Crippen LogP contribution in [-0.2, 0) is 0 Å². The van der Waals surface area contributed by atoms with Crippen LogP contribution < -0.4 is 0 Å². The number of rotatable bonds is 15. The smallest absolute Gasteiger partial charge is 0.152 e. The summed E-state index contributed by atoms with van der Waals surface area (Å²) >= 11 is 0. The molecule has 0 aliphatic rings. The van der Waals surface area contributed by atoms with Crippen molar-refractivity contribution >= 4 is 0 Å². The van der Waals surface area contributed by atoms with Crippen LogP contribution in [-0.4, -0.2) is 75.0 Å². The zero-order chi connectivity index (χ0) is 17.8. The van der Waals surface area contributed by atoms with Gasteiger partial charge in [0.05, 0.1) is 41.8 Å². The first-order chi connectivity index (χ1) is 10.7. The van der Waals surface area contributed by atoms with E-state index in [-0.39, 0.29) is 6.10 Å². The summed E-state index contributed by atoms with van der Waals surface area (Å²) in [5.41, 5.74) is 0. The highest BCUT2D eigenvalue weighted by Gasteiger charge is 2.24. The fourth-order valence-electron chi connectivity index (χ4n) is 3.38. The monoisotopic (exact) mass is 330 g/mol. The van der Waals surface area contributed by atoms with Crippen molar-refractivity contribution in [2.24, 2.45) is 0 Å². The number of hydrogen-bond donors (Lipinski definition) is 1.